The van der Waals surface area contributed by atoms with E-state index in [-0.39, 0.29) is 26.4 Å². The maximum atomic E-state index is 10.3. The first kappa shape index (κ1) is 54.4. The lowest BCUT2D eigenvalue weighted by atomic mass is 10.0. The molecule has 0 aromatic carbocycles. The molecule has 0 saturated heterocycles. The van der Waals surface area contributed by atoms with Crippen LogP contribution < -0.4 is 0 Å². The minimum absolute atomic E-state index is 0.271. The van der Waals surface area contributed by atoms with Crippen molar-refractivity contribution in [1.29, 1.82) is 0 Å². The van der Waals surface area contributed by atoms with Gasteiger partial charge in [0.25, 0.3) is 0 Å². The van der Waals surface area contributed by atoms with Gasteiger partial charge < -0.3 is 73.3 Å². The van der Waals surface area contributed by atoms with E-state index in [9.17, 15) is 30.6 Å². The second kappa shape index (κ2) is 40.2. The lowest BCUT2D eigenvalue weighted by Gasteiger charge is -2.33. The number of ether oxygens (including phenoxy) is 9. The molecule has 0 amide bonds. The predicted molar refractivity (Wildman–Crippen MR) is 209 cm³/mol. The summed E-state index contributed by atoms with van der Waals surface area (Å²) in [6.45, 7) is 11.2. The van der Waals surface area contributed by atoms with Crippen molar-refractivity contribution >= 4 is 0 Å². The van der Waals surface area contributed by atoms with Crippen molar-refractivity contribution in [1.82, 2.24) is 0 Å². The molecular weight excluding hydrogens is 720 g/mol. The highest BCUT2D eigenvalue weighted by atomic mass is 16.6. The Morgan fingerprint density at radius 1 is 0.327 bits per heavy atom. The predicted octanol–water partition coefficient (Wildman–Crippen LogP) is 2.80. The Morgan fingerprint density at radius 3 is 0.836 bits per heavy atom. The Bertz CT molecular complexity index is 710. The van der Waals surface area contributed by atoms with Crippen molar-refractivity contribution in [2.45, 2.75) is 154 Å². The van der Waals surface area contributed by atoms with Gasteiger partial charge >= 0.3 is 0 Å². The number of rotatable bonds is 44. The molecule has 0 aromatic heterocycles. The van der Waals surface area contributed by atoms with Crippen molar-refractivity contribution in [3.63, 3.8) is 0 Å². The molecule has 332 valence electrons. The first-order chi connectivity index (χ1) is 26.9. The normalized spacial score (nSPS) is 16.5. The van der Waals surface area contributed by atoms with E-state index in [0.717, 1.165) is 51.4 Å². The summed E-state index contributed by atoms with van der Waals surface area (Å²) in [5.74, 6) is 0. The van der Waals surface area contributed by atoms with Gasteiger partial charge in [-0.05, 0) is 25.7 Å². The molecular formula is C40H82O15. The van der Waals surface area contributed by atoms with E-state index in [1.54, 1.807) is 0 Å². The molecule has 0 aliphatic rings. The van der Waals surface area contributed by atoms with Gasteiger partial charge in [-0.2, -0.15) is 0 Å². The third-order valence-corrected chi connectivity index (χ3v) is 9.12. The molecule has 0 bridgehead atoms. The zero-order chi connectivity index (χ0) is 40.8. The molecule has 15 nitrogen and oxygen atoms in total. The number of hydrogen-bond donors (Lipinski definition) is 6. The van der Waals surface area contributed by atoms with Gasteiger partial charge in [-0.3, -0.25) is 0 Å². The van der Waals surface area contributed by atoms with E-state index in [1.165, 1.54) is 0 Å². The summed E-state index contributed by atoms with van der Waals surface area (Å²) < 4.78 is 52.5. The van der Waals surface area contributed by atoms with Crippen LogP contribution in [0.5, 0.6) is 0 Å². The zero-order valence-corrected chi connectivity index (χ0v) is 34.8. The van der Waals surface area contributed by atoms with Crippen LogP contribution in [0.15, 0.2) is 0 Å². The van der Waals surface area contributed by atoms with E-state index in [2.05, 4.69) is 27.7 Å². The molecule has 0 fully saturated rings. The smallest absolute Gasteiger partial charge is 0.107 e. The molecule has 0 aliphatic carbocycles. The van der Waals surface area contributed by atoms with E-state index in [0.29, 0.717) is 105 Å². The second-order valence-electron chi connectivity index (χ2n) is 13.7. The van der Waals surface area contributed by atoms with Crippen molar-refractivity contribution in [3.8, 4) is 0 Å². The van der Waals surface area contributed by atoms with E-state index < -0.39 is 48.8 Å². The summed E-state index contributed by atoms with van der Waals surface area (Å²) in [5, 5.41) is 59.0. The largest absolute Gasteiger partial charge is 0.394 e. The molecule has 0 aliphatic heterocycles. The van der Waals surface area contributed by atoms with Gasteiger partial charge in [-0.25, -0.2) is 0 Å². The monoisotopic (exact) mass is 803 g/mol. The summed E-state index contributed by atoms with van der Waals surface area (Å²) >= 11 is 0. The Labute approximate surface area is 332 Å². The summed E-state index contributed by atoms with van der Waals surface area (Å²) in [5.41, 5.74) is 0. The van der Waals surface area contributed by atoms with E-state index in [1.807, 2.05) is 0 Å². The van der Waals surface area contributed by atoms with Crippen LogP contribution in [0.4, 0.5) is 0 Å². The van der Waals surface area contributed by atoms with Gasteiger partial charge in [0.1, 0.15) is 24.4 Å². The van der Waals surface area contributed by atoms with Gasteiger partial charge in [0.05, 0.1) is 130 Å². The highest BCUT2D eigenvalue weighted by Crippen LogP contribution is 2.19. The number of aliphatic hydroxyl groups excluding tert-OH is 6. The van der Waals surface area contributed by atoms with Crippen LogP contribution in [0.3, 0.4) is 0 Å². The average Bonchev–Trinajstić information content (AvgIpc) is 3.20. The van der Waals surface area contributed by atoms with Crippen LogP contribution in [0.2, 0.25) is 0 Å². The Morgan fingerprint density at radius 2 is 0.582 bits per heavy atom. The molecule has 0 saturated carbocycles. The third-order valence-electron chi connectivity index (χ3n) is 9.12. The molecule has 0 aromatic rings. The van der Waals surface area contributed by atoms with E-state index >= 15 is 0 Å². The van der Waals surface area contributed by atoms with Gasteiger partial charge in [-0.1, -0.05) is 79.1 Å². The fraction of sp³-hybridized carbons (Fsp3) is 1.00. The average molecular weight is 803 g/mol. The van der Waals surface area contributed by atoms with E-state index in [4.69, 9.17) is 42.6 Å². The maximum absolute atomic E-state index is 10.3. The maximum Gasteiger partial charge on any atom is 0.107 e. The second-order valence-corrected chi connectivity index (χ2v) is 13.7. The molecule has 55 heavy (non-hydrogen) atoms. The minimum Gasteiger partial charge on any atom is -0.394 e. The third kappa shape index (κ3) is 29.3. The molecule has 0 heterocycles. The first-order valence-corrected chi connectivity index (χ1v) is 21.1. The highest BCUT2D eigenvalue weighted by Gasteiger charge is 2.30. The lowest BCUT2D eigenvalue weighted by Crippen LogP contribution is -2.44. The van der Waals surface area contributed by atoms with Crippen LogP contribution in [-0.4, -0.2) is 185 Å². The van der Waals surface area contributed by atoms with Crippen molar-refractivity contribution in [2.24, 2.45) is 0 Å². The fourth-order valence-electron chi connectivity index (χ4n) is 5.78. The molecule has 8 atom stereocenters. The van der Waals surface area contributed by atoms with Gasteiger partial charge in [0, 0.05) is 0 Å². The molecule has 6 N–H and O–H groups in total. The van der Waals surface area contributed by atoms with Crippen molar-refractivity contribution in [3.05, 3.63) is 0 Å². The zero-order valence-electron chi connectivity index (χ0n) is 34.8. The van der Waals surface area contributed by atoms with Crippen LogP contribution in [0.25, 0.3) is 0 Å². The van der Waals surface area contributed by atoms with Crippen molar-refractivity contribution in [2.75, 3.05) is 106 Å². The molecule has 0 rings (SSSR count). The number of unbranched alkanes of at least 4 members (excludes halogenated alkanes) is 4. The van der Waals surface area contributed by atoms with Crippen LogP contribution >= 0.6 is 0 Å². The Kier molecular flexibility index (Phi) is 39.8. The first-order valence-electron chi connectivity index (χ1n) is 21.1. The molecule has 8 unspecified atom stereocenters. The summed E-state index contributed by atoms with van der Waals surface area (Å²) in [7, 11) is 0. The standard InChI is InChI=1S/C40H82O15/c1-5-9-13-35(33(45)29-41)51-25-21-47-17-19-49-23-27-53-37(15-11-7-3)39(31-43)55-40(32-44)38(16-12-8-4)54-28-24-50-20-18-48-22-26-52-36(14-10-6-2)34(46)30-42/h33-46H,5-32H2,1-4H3. The Balaban J connectivity index is 4.62. The molecule has 0 radical (unpaired) electrons. The van der Waals surface area contributed by atoms with Crippen molar-refractivity contribution < 1.29 is 73.3 Å². The minimum atomic E-state index is -0.899. The molecule has 0 spiro atoms. The van der Waals surface area contributed by atoms with Gasteiger partial charge in [-0.15, -0.1) is 0 Å². The SMILES string of the molecule is CCCCC(OCCOCCOCCOC(CCCC)C(CO)OC(CO)C(CCCC)OCCOCCOCCOC(CCCC)C(O)CO)C(O)CO. The Hall–Kier alpha value is -0.600. The number of hydrogen-bond acceptors (Lipinski definition) is 15. The lowest BCUT2D eigenvalue weighted by molar-refractivity contribution is -0.173. The fourth-order valence-corrected chi connectivity index (χ4v) is 5.78. The highest BCUT2D eigenvalue weighted by molar-refractivity contribution is 4.78. The summed E-state index contributed by atoms with van der Waals surface area (Å²) in [4.78, 5) is 0. The number of aliphatic hydroxyl groups is 6. The van der Waals surface area contributed by atoms with Crippen LogP contribution in [-0.2, 0) is 42.6 Å². The van der Waals surface area contributed by atoms with Gasteiger partial charge in [0.15, 0.2) is 0 Å². The topological polar surface area (TPSA) is 204 Å². The summed E-state index contributed by atoms with van der Waals surface area (Å²) in [6, 6.07) is 0. The van der Waals surface area contributed by atoms with Crippen LogP contribution in [0.1, 0.15) is 105 Å². The van der Waals surface area contributed by atoms with Crippen LogP contribution in [0, 0.1) is 0 Å². The quantitative estimate of drug-likeness (QED) is 0.0491. The summed E-state index contributed by atoms with van der Waals surface area (Å²) in [6.07, 6.45) is 5.47. The molecule has 15 heteroatoms. The van der Waals surface area contributed by atoms with Gasteiger partial charge in [0.2, 0.25) is 0 Å².